The van der Waals surface area contributed by atoms with Gasteiger partial charge < -0.3 is 15.4 Å². The summed E-state index contributed by atoms with van der Waals surface area (Å²) in [6.45, 7) is 5.57. The molecule has 0 unspecified atom stereocenters. The summed E-state index contributed by atoms with van der Waals surface area (Å²) >= 11 is 1.49. The number of ether oxygens (including phenoxy) is 1. The molecule has 9 nitrogen and oxygen atoms in total. The Morgan fingerprint density at radius 3 is 2.63 bits per heavy atom. The Hall–Kier alpha value is -2.72. The van der Waals surface area contributed by atoms with Gasteiger partial charge >= 0.3 is 5.97 Å². The molecule has 0 atom stereocenters. The summed E-state index contributed by atoms with van der Waals surface area (Å²) in [7, 11) is 1.65. The van der Waals surface area contributed by atoms with Crippen molar-refractivity contribution >= 4 is 34.9 Å². The number of carbonyl (C=O) groups is 3. The van der Waals surface area contributed by atoms with Crippen molar-refractivity contribution in [2.24, 2.45) is 7.05 Å². The number of carbonyl (C=O) groups excluding carboxylic acids is 3. The number of aromatic nitrogens is 2. The lowest BCUT2D eigenvalue weighted by atomic mass is 10.0. The number of anilines is 1. The lowest BCUT2D eigenvalue weighted by Gasteiger charge is -2.31. The third kappa shape index (κ3) is 5.45. The molecule has 0 spiro atoms. The Kier molecular flexibility index (Phi) is 7.22. The maximum absolute atomic E-state index is 12.5. The Balaban J connectivity index is 1.47. The van der Waals surface area contributed by atoms with Gasteiger partial charge in [0.15, 0.2) is 0 Å². The molecule has 3 heterocycles. The van der Waals surface area contributed by atoms with Crippen LogP contribution in [0, 0.1) is 6.92 Å². The maximum Gasteiger partial charge on any atom is 0.343 e. The Morgan fingerprint density at radius 2 is 2.00 bits per heavy atom. The quantitative estimate of drug-likeness (QED) is 0.645. The highest BCUT2D eigenvalue weighted by Crippen LogP contribution is 2.18. The largest absolute Gasteiger partial charge is 0.462 e. The van der Waals surface area contributed by atoms with Crippen LogP contribution < -0.4 is 10.6 Å². The van der Waals surface area contributed by atoms with Crippen LogP contribution in [0.2, 0.25) is 0 Å². The predicted octanol–water partition coefficient (Wildman–Crippen LogP) is 1.80. The number of aryl methyl sites for hydroxylation is 2. The van der Waals surface area contributed by atoms with E-state index in [-0.39, 0.29) is 36.6 Å². The molecule has 3 rings (SSSR count). The number of esters is 1. The van der Waals surface area contributed by atoms with Crippen LogP contribution in [-0.4, -0.2) is 64.7 Å². The van der Waals surface area contributed by atoms with Crippen molar-refractivity contribution in [1.29, 1.82) is 0 Å². The summed E-state index contributed by atoms with van der Waals surface area (Å²) in [5, 5.41) is 9.87. The van der Waals surface area contributed by atoms with Crippen LogP contribution in [0.3, 0.4) is 0 Å². The van der Waals surface area contributed by atoms with Crippen molar-refractivity contribution in [3.8, 4) is 0 Å². The molecule has 0 aliphatic carbocycles. The van der Waals surface area contributed by atoms with E-state index in [1.54, 1.807) is 14.0 Å². The first-order chi connectivity index (χ1) is 14.4. The third-order valence-corrected chi connectivity index (χ3v) is 5.95. The van der Waals surface area contributed by atoms with Crippen molar-refractivity contribution in [2.45, 2.75) is 32.7 Å². The van der Waals surface area contributed by atoms with Crippen LogP contribution in [0.4, 0.5) is 5.82 Å². The highest BCUT2D eigenvalue weighted by atomic mass is 32.1. The monoisotopic (exact) mass is 433 g/mol. The van der Waals surface area contributed by atoms with Gasteiger partial charge in [0.1, 0.15) is 11.4 Å². The first-order valence-electron chi connectivity index (χ1n) is 9.96. The predicted molar refractivity (Wildman–Crippen MR) is 114 cm³/mol. The second-order valence-electron chi connectivity index (χ2n) is 7.23. The fourth-order valence-corrected chi connectivity index (χ4v) is 4.14. The average molecular weight is 434 g/mol. The van der Waals surface area contributed by atoms with Gasteiger partial charge in [-0.3, -0.25) is 19.2 Å². The van der Waals surface area contributed by atoms with Gasteiger partial charge in [0.2, 0.25) is 5.91 Å². The highest BCUT2D eigenvalue weighted by Gasteiger charge is 2.24. The van der Waals surface area contributed by atoms with Gasteiger partial charge in [-0.1, -0.05) is 0 Å². The van der Waals surface area contributed by atoms with Gasteiger partial charge in [0.05, 0.1) is 24.2 Å². The molecule has 162 valence electrons. The van der Waals surface area contributed by atoms with Crippen molar-refractivity contribution in [3.05, 3.63) is 33.6 Å². The van der Waals surface area contributed by atoms with Crippen molar-refractivity contribution in [1.82, 2.24) is 20.0 Å². The second-order valence-corrected chi connectivity index (χ2v) is 8.52. The molecule has 10 heteroatoms. The van der Waals surface area contributed by atoms with Crippen LogP contribution in [0.15, 0.2) is 18.3 Å². The Bertz CT molecular complexity index is 914. The van der Waals surface area contributed by atoms with Crippen molar-refractivity contribution in [2.75, 3.05) is 31.6 Å². The van der Waals surface area contributed by atoms with Gasteiger partial charge in [-0.2, -0.15) is 5.10 Å². The van der Waals surface area contributed by atoms with Gasteiger partial charge in [0.25, 0.3) is 5.91 Å². The Labute approximate surface area is 179 Å². The molecular weight excluding hydrogens is 406 g/mol. The molecule has 1 saturated heterocycles. The molecule has 2 N–H and O–H groups in total. The minimum Gasteiger partial charge on any atom is -0.462 e. The molecule has 0 radical (unpaired) electrons. The molecule has 0 saturated carbocycles. The van der Waals surface area contributed by atoms with E-state index < -0.39 is 5.97 Å². The third-order valence-electron chi connectivity index (χ3n) is 4.95. The second kappa shape index (κ2) is 9.86. The zero-order valence-electron chi connectivity index (χ0n) is 17.4. The van der Waals surface area contributed by atoms with E-state index in [4.69, 9.17) is 4.74 Å². The molecule has 0 bridgehead atoms. The van der Waals surface area contributed by atoms with Crippen LogP contribution >= 0.6 is 11.3 Å². The normalized spacial score (nSPS) is 15.0. The Morgan fingerprint density at radius 1 is 1.27 bits per heavy atom. The lowest BCUT2D eigenvalue weighted by Crippen LogP contribution is -2.46. The molecule has 1 aliphatic rings. The summed E-state index contributed by atoms with van der Waals surface area (Å²) in [5.41, 5.74) is 0.234. The first kappa shape index (κ1) is 22.0. The minimum atomic E-state index is -0.515. The molecule has 2 aromatic heterocycles. The molecule has 30 heavy (non-hydrogen) atoms. The zero-order valence-corrected chi connectivity index (χ0v) is 18.3. The number of amides is 2. The van der Waals surface area contributed by atoms with E-state index in [9.17, 15) is 14.4 Å². The molecule has 1 aliphatic heterocycles. The average Bonchev–Trinajstić information content (AvgIpc) is 3.30. The summed E-state index contributed by atoms with van der Waals surface area (Å²) in [6, 6.07) is 3.89. The molecule has 2 amide bonds. The topological polar surface area (TPSA) is 106 Å². The number of piperidine rings is 1. The van der Waals surface area contributed by atoms with E-state index >= 15 is 0 Å². The van der Waals surface area contributed by atoms with Crippen LogP contribution in [0.25, 0.3) is 0 Å². The highest BCUT2D eigenvalue weighted by molar-refractivity contribution is 7.13. The van der Waals surface area contributed by atoms with Gasteiger partial charge in [-0.25, -0.2) is 4.79 Å². The smallest absolute Gasteiger partial charge is 0.343 e. The molecule has 0 aromatic carbocycles. The summed E-state index contributed by atoms with van der Waals surface area (Å²) < 4.78 is 6.45. The number of rotatable bonds is 7. The standard InChI is InChI=1S/C20H27N5O4S/c1-4-29-20(28)15-11-21-24(3)18(15)23-17(26)12-25-9-7-14(8-10-25)22-19(27)16-6-5-13(2)30-16/h5-6,11,14H,4,7-10,12H2,1-3H3,(H,22,27)(H,23,26). The zero-order chi connectivity index (χ0) is 21.7. The molecular formula is C20H27N5O4S. The minimum absolute atomic E-state index is 0.0352. The van der Waals surface area contributed by atoms with E-state index in [0.29, 0.717) is 18.9 Å². The number of hydrogen-bond donors (Lipinski definition) is 2. The van der Waals surface area contributed by atoms with Crippen LogP contribution in [0.5, 0.6) is 0 Å². The van der Waals surface area contributed by atoms with E-state index in [1.165, 1.54) is 22.2 Å². The van der Waals surface area contributed by atoms with Gasteiger partial charge in [0, 0.05) is 31.1 Å². The maximum atomic E-state index is 12.5. The number of thiophene rings is 1. The van der Waals surface area contributed by atoms with E-state index in [1.807, 2.05) is 24.0 Å². The lowest BCUT2D eigenvalue weighted by molar-refractivity contribution is -0.117. The fourth-order valence-electron chi connectivity index (χ4n) is 3.37. The fraction of sp³-hybridized carbons (Fsp3) is 0.500. The number of nitrogens with one attached hydrogen (secondary N) is 2. The number of hydrogen-bond acceptors (Lipinski definition) is 7. The van der Waals surface area contributed by atoms with Crippen LogP contribution in [0.1, 0.15) is 44.7 Å². The summed E-state index contributed by atoms with van der Waals surface area (Å²) in [6.07, 6.45) is 2.95. The summed E-state index contributed by atoms with van der Waals surface area (Å²) in [4.78, 5) is 40.7. The summed E-state index contributed by atoms with van der Waals surface area (Å²) in [5.74, 6) is -0.446. The van der Waals surface area contributed by atoms with E-state index in [0.717, 1.165) is 22.6 Å². The molecule has 1 fully saturated rings. The van der Waals surface area contributed by atoms with Crippen LogP contribution in [-0.2, 0) is 16.6 Å². The van der Waals surface area contributed by atoms with E-state index in [2.05, 4.69) is 15.7 Å². The SMILES string of the molecule is CCOC(=O)c1cnn(C)c1NC(=O)CN1CCC(NC(=O)c2ccc(C)s2)CC1. The number of nitrogens with zero attached hydrogens (tertiary/aromatic N) is 3. The van der Waals surface area contributed by atoms with Crippen molar-refractivity contribution in [3.63, 3.8) is 0 Å². The number of likely N-dealkylation sites (tertiary alicyclic amines) is 1. The van der Waals surface area contributed by atoms with Crippen molar-refractivity contribution < 1.29 is 19.1 Å². The first-order valence-corrected chi connectivity index (χ1v) is 10.8. The van der Waals surface area contributed by atoms with Gasteiger partial charge in [-0.15, -0.1) is 11.3 Å². The molecule has 2 aromatic rings. The van der Waals surface area contributed by atoms with Gasteiger partial charge in [-0.05, 0) is 38.8 Å².